The summed E-state index contributed by atoms with van der Waals surface area (Å²) < 4.78 is 22.1. The van der Waals surface area contributed by atoms with Gasteiger partial charge in [0.05, 0.1) is 41.0 Å². The number of aromatic amines is 1. The first-order chi connectivity index (χ1) is 20.0. The van der Waals surface area contributed by atoms with Crippen molar-refractivity contribution in [2.45, 2.75) is 24.9 Å². The Hall–Kier alpha value is -4.66. The summed E-state index contributed by atoms with van der Waals surface area (Å²) >= 11 is 0. The second-order valence-electron chi connectivity index (χ2n) is 10.3. The molecule has 1 aromatic heterocycles. The molecule has 3 aromatic carbocycles. The molecular weight excluding hydrogens is 522 g/mol. The van der Waals surface area contributed by atoms with Crippen molar-refractivity contribution in [2.75, 3.05) is 41.5 Å². The van der Waals surface area contributed by atoms with Gasteiger partial charge in [0.2, 0.25) is 17.6 Å². The number of nitrogens with zero attached hydrogens (tertiary/aromatic N) is 2. The van der Waals surface area contributed by atoms with Crippen molar-refractivity contribution in [3.63, 3.8) is 0 Å². The van der Waals surface area contributed by atoms with Crippen molar-refractivity contribution in [3.8, 4) is 23.0 Å². The van der Waals surface area contributed by atoms with Crippen molar-refractivity contribution in [3.05, 3.63) is 83.0 Å². The standard InChI is InChI=1S/C32H33N3O6/c1-38-21-11-9-19(10-12-21)13-14-34-18-28(36)35-25(32(34)37)17-23-22-7-5-6-8-24(22)33-29(23)30(35)20-15-26(39-2)31(41-4)27(16-20)40-3/h5-12,15-16,25,30,33H,13-14,17-18H2,1-4H3/t25-,30?/m0/s1. The molecule has 212 valence electrons. The number of piperazine rings is 1. The predicted octanol–water partition coefficient (Wildman–Crippen LogP) is 4.13. The topological polar surface area (TPSA) is 93.3 Å². The van der Waals surface area contributed by atoms with Gasteiger partial charge in [-0.25, -0.2) is 0 Å². The normalized spacial score (nSPS) is 18.2. The number of benzene rings is 3. The molecule has 3 heterocycles. The highest BCUT2D eigenvalue weighted by atomic mass is 16.5. The molecule has 41 heavy (non-hydrogen) atoms. The zero-order valence-corrected chi connectivity index (χ0v) is 23.6. The van der Waals surface area contributed by atoms with Crippen molar-refractivity contribution in [2.24, 2.45) is 0 Å². The van der Waals surface area contributed by atoms with Gasteiger partial charge < -0.3 is 33.7 Å². The number of aromatic nitrogens is 1. The molecule has 9 heteroatoms. The van der Waals surface area contributed by atoms with E-state index in [0.717, 1.165) is 39.0 Å². The lowest BCUT2D eigenvalue weighted by Gasteiger charge is -2.47. The van der Waals surface area contributed by atoms with Crippen molar-refractivity contribution < 1.29 is 28.5 Å². The lowest BCUT2D eigenvalue weighted by molar-refractivity contribution is -0.158. The molecule has 6 rings (SSSR count). The molecule has 4 aromatic rings. The van der Waals surface area contributed by atoms with E-state index in [1.807, 2.05) is 54.6 Å². The number of H-pyrrole nitrogens is 1. The highest BCUT2D eigenvalue weighted by Crippen LogP contribution is 2.47. The van der Waals surface area contributed by atoms with Gasteiger partial charge in [-0.05, 0) is 53.4 Å². The largest absolute Gasteiger partial charge is 0.497 e. The number of amides is 2. The van der Waals surface area contributed by atoms with Crippen LogP contribution in [0.3, 0.4) is 0 Å². The number of rotatable bonds is 8. The van der Waals surface area contributed by atoms with Gasteiger partial charge in [-0.2, -0.15) is 0 Å². The first kappa shape index (κ1) is 26.6. The fourth-order valence-electron chi connectivity index (χ4n) is 6.17. The van der Waals surface area contributed by atoms with Gasteiger partial charge >= 0.3 is 0 Å². The molecular formula is C32H33N3O6. The molecule has 1 saturated heterocycles. The Morgan fingerprint density at radius 1 is 0.878 bits per heavy atom. The average Bonchev–Trinajstić information content (AvgIpc) is 3.38. The second kappa shape index (κ2) is 10.7. The maximum absolute atomic E-state index is 14.1. The number of para-hydroxylation sites is 1. The van der Waals surface area contributed by atoms with E-state index in [1.165, 1.54) is 0 Å². The van der Waals surface area contributed by atoms with E-state index in [-0.39, 0.29) is 18.4 Å². The highest BCUT2D eigenvalue weighted by molar-refractivity contribution is 5.97. The van der Waals surface area contributed by atoms with Gasteiger partial charge in [0.1, 0.15) is 11.8 Å². The Bertz CT molecular complexity index is 1590. The second-order valence-corrected chi connectivity index (χ2v) is 10.3. The molecule has 1 unspecified atom stereocenters. The number of carbonyl (C=O) groups is 2. The molecule has 9 nitrogen and oxygen atoms in total. The molecule has 2 amide bonds. The summed E-state index contributed by atoms with van der Waals surface area (Å²) in [6, 6.07) is 18.4. The van der Waals surface area contributed by atoms with Crippen LogP contribution in [0.2, 0.25) is 0 Å². The number of nitrogens with one attached hydrogen (secondary N) is 1. The highest BCUT2D eigenvalue weighted by Gasteiger charge is 2.48. The molecule has 0 bridgehead atoms. The predicted molar refractivity (Wildman–Crippen MR) is 154 cm³/mol. The minimum absolute atomic E-state index is 0.0158. The number of fused-ring (bicyclic) bond motifs is 4. The Balaban J connectivity index is 1.41. The molecule has 2 aliphatic rings. The summed E-state index contributed by atoms with van der Waals surface area (Å²) in [5, 5.41) is 1.05. The lowest BCUT2D eigenvalue weighted by atomic mass is 9.86. The fourth-order valence-corrected chi connectivity index (χ4v) is 6.17. The van der Waals surface area contributed by atoms with Gasteiger partial charge in [-0.1, -0.05) is 30.3 Å². The molecule has 0 saturated carbocycles. The van der Waals surface area contributed by atoms with E-state index < -0.39 is 12.1 Å². The Morgan fingerprint density at radius 3 is 2.24 bits per heavy atom. The first-order valence-electron chi connectivity index (χ1n) is 13.6. The van der Waals surface area contributed by atoms with Crippen LogP contribution in [0.25, 0.3) is 10.9 Å². The van der Waals surface area contributed by atoms with Crippen LogP contribution in [-0.4, -0.2) is 74.2 Å². The first-order valence-corrected chi connectivity index (χ1v) is 13.6. The maximum Gasteiger partial charge on any atom is 0.246 e. The maximum atomic E-state index is 14.1. The average molecular weight is 556 g/mol. The smallest absolute Gasteiger partial charge is 0.246 e. The molecule has 0 spiro atoms. The van der Waals surface area contributed by atoms with Gasteiger partial charge in [0, 0.05) is 29.6 Å². The summed E-state index contributed by atoms with van der Waals surface area (Å²) in [7, 11) is 6.32. The van der Waals surface area contributed by atoms with E-state index in [2.05, 4.69) is 11.1 Å². The van der Waals surface area contributed by atoms with Crippen molar-refractivity contribution >= 4 is 22.7 Å². The zero-order valence-electron chi connectivity index (χ0n) is 23.6. The molecule has 0 aliphatic carbocycles. The Kier molecular flexibility index (Phi) is 6.95. The Labute approximate surface area is 238 Å². The monoisotopic (exact) mass is 555 g/mol. The molecule has 2 atom stereocenters. The Morgan fingerprint density at radius 2 is 1.59 bits per heavy atom. The summed E-state index contributed by atoms with van der Waals surface area (Å²) in [6.07, 6.45) is 1.08. The number of carbonyl (C=O) groups excluding carboxylic acids is 2. The summed E-state index contributed by atoms with van der Waals surface area (Å²) in [5.41, 5.74) is 4.74. The van der Waals surface area contributed by atoms with Crippen LogP contribution in [0.15, 0.2) is 60.7 Å². The van der Waals surface area contributed by atoms with Crippen LogP contribution in [0, 0.1) is 0 Å². The molecule has 1 N–H and O–H groups in total. The third kappa shape index (κ3) is 4.51. The summed E-state index contributed by atoms with van der Waals surface area (Å²) in [5.74, 6) is 2.06. The van der Waals surface area contributed by atoms with E-state index in [9.17, 15) is 9.59 Å². The number of methoxy groups -OCH3 is 4. The van der Waals surface area contributed by atoms with Crippen molar-refractivity contribution in [1.29, 1.82) is 0 Å². The third-order valence-electron chi connectivity index (χ3n) is 8.17. The van der Waals surface area contributed by atoms with Crippen LogP contribution in [0.4, 0.5) is 0 Å². The molecule has 2 aliphatic heterocycles. The quantitative estimate of drug-likeness (QED) is 0.352. The number of hydrogen-bond donors (Lipinski definition) is 1. The van der Waals surface area contributed by atoms with E-state index in [4.69, 9.17) is 18.9 Å². The van der Waals surface area contributed by atoms with Gasteiger partial charge in [-0.15, -0.1) is 0 Å². The van der Waals surface area contributed by atoms with Crippen LogP contribution >= 0.6 is 0 Å². The number of ether oxygens (including phenoxy) is 4. The van der Waals surface area contributed by atoms with E-state index >= 15 is 0 Å². The van der Waals surface area contributed by atoms with Gasteiger partial charge in [-0.3, -0.25) is 9.59 Å². The van der Waals surface area contributed by atoms with Crippen LogP contribution in [0.5, 0.6) is 23.0 Å². The van der Waals surface area contributed by atoms with Gasteiger partial charge in [0.25, 0.3) is 0 Å². The van der Waals surface area contributed by atoms with E-state index in [0.29, 0.717) is 36.6 Å². The lowest BCUT2D eigenvalue weighted by Crippen LogP contribution is -2.63. The van der Waals surface area contributed by atoms with Crippen LogP contribution in [-0.2, 0) is 22.4 Å². The summed E-state index contributed by atoms with van der Waals surface area (Å²) in [6.45, 7) is 0.471. The summed E-state index contributed by atoms with van der Waals surface area (Å²) in [4.78, 5) is 35.0. The SMILES string of the molecule is COc1ccc(CCN2CC(=O)N3C(c4cc(OC)c(OC)c(OC)c4)c4[nH]c5ccccc5c4C[C@H]3C2=O)cc1. The van der Waals surface area contributed by atoms with Crippen LogP contribution in [0.1, 0.15) is 28.4 Å². The fraction of sp³-hybridized carbons (Fsp3) is 0.312. The van der Waals surface area contributed by atoms with Gasteiger partial charge in [0.15, 0.2) is 11.5 Å². The van der Waals surface area contributed by atoms with Crippen LogP contribution < -0.4 is 18.9 Å². The number of hydrogen-bond acceptors (Lipinski definition) is 6. The molecule has 1 fully saturated rings. The minimum atomic E-state index is -0.636. The minimum Gasteiger partial charge on any atom is -0.497 e. The third-order valence-corrected chi connectivity index (χ3v) is 8.17. The van der Waals surface area contributed by atoms with E-state index in [1.54, 1.807) is 38.2 Å². The van der Waals surface area contributed by atoms with Crippen molar-refractivity contribution in [1.82, 2.24) is 14.8 Å². The molecule has 0 radical (unpaired) electrons. The zero-order chi connectivity index (χ0) is 28.7.